The predicted octanol–water partition coefficient (Wildman–Crippen LogP) is 11.3. The molecule has 49 heavy (non-hydrogen) atoms. The van der Waals surface area contributed by atoms with Gasteiger partial charge < -0.3 is 4.40 Å². The largest absolute Gasteiger partial charge is 0.308 e. The van der Waals surface area contributed by atoms with E-state index in [1.165, 1.54) is 82.7 Å². The molecule has 2 aromatic heterocycles. The molecule has 0 N–H and O–H groups in total. The molecule has 10 rings (SSSR count). The summed E-state index contributed by atoms with van der Waals surface area (Å²) < 4.78 is 2.40. The van der Waals surface area contributed by atoms with Crippen molar-refractivity contribution in [2.24, 2.45) is 0 Å². The maximum atomic E-state index is 10.3. The van der Waals surface area contributed by atoms with Gasteiger partial charge in [0.1, 0.15) is 0 Å². The Hall–Kier alpha value is -5.90. The van der Waals surface area contributed by atoms with Gasteiger partial charge in [0.05, 0.1) is 39.8 Å². The zero-order valence-electron chi connectivity index (χ0n) is 27.3. The Balaban J connectivity index is 1.20. The second-order valence-corrected chi connectivity index (χ2v) is 14.0. The van der Waals surface area contributed by atoms with Gasteiger partial charge in [0, 0.05) is 21.5 Å². The smallest absolute Gasteiger partial charge is 0.0995 e. The fraction of sp³-hybridized carbons (Fsp3) is 0.174. The first-order valence-electron chi connectivity index (χ1n) is 17.6. The number of fused-ring (bicyclic) bond motifs is 10. The molecule has 3 nitrogen and oxygen atoms in total. The lowest BCUT2D eigenvalue weighted by Crippen LogP contribution is -2.07. The molecule has 6 aromatic carbocycles. The Bertz CT molecular complexity index is 2580. The van der Waals surface area contributed by atoms with Gasteiger partial charge in [-0.25, -0.2) is 0 Å². The van der Waals surface area contributed by atoms with E-state index in [1.54, 1.807) is 0 Å². The number of aromatic nitrogens is 1. The summed E-state index contributed by atoms with van der Waals surface area (Å²) in [7, 11) is 0. The van der Waals surface area contributed by atoms with Crippen LogP contribution < -0.4 is 0 Å². The van der Waals surface area contributed by atoms with Crippen LogP contribution in [0.15, 0.2) is 103 Å². The molecule has 232 valence electrons. The molecule has 0 saturated carbocycles. The highest BCUT2D eigenvalue weighted by molar-refractivity contribution is 6.26. The highest BCUT2D eigenvalue weighted by atomic mass is 14.9. The van der Waals surface area contributed by atoms with E-state index < -0.39 is 0 Å². The molecule has 0 amide bonds. The molecule has 2 heterocycles. The molecule has 0 saturated heterocycles. The Morgan fingerprint density at radius 2 is 0.816 bits per heavy atom. The van der Waals surface area contributed by atoms with Crippen molar-refractivity contribution >= 4 is 38.1 Å². The monoisotopic (exact) mass is 627 g/mol. The Labute approximate surface area is 285 Å². The molecule has 8 aromatic rings. The van der Waals surface area contributed by atoms with E-state index in [9.17, 15) is 10.5 Å². The first-order valence-corrected chi connectivity index (χ1v) is 17.6. The number of nitrogens with zero attached hydrogens (tertiary/aromatic N) is 3. The van der Waals surface area contributed by atoms with E-state index in [0.717, 1.165) is 73.5 Å². The molecule has 0 bridgehead atoms. The molecule has 0 fully saturated rings. The van der Waals surface area contributed by atoms with Crippen LogP contribution in [0.25, 0.3) is 71.5 Å². The van der Waals surface area contributed by atoms with Gasteiger partial charge in [-0.1, -0.05) is 78.9 Å². The molecular weight excluding hydrogens is 595 g/mol. The van der Waals surface area contributed by atoms with Gasteiger partial charge in [-0.15, -0.1) is 0 Å². The Morgan fingerprint density at radius 3 is 1.24 bits per heavy atom. The lowest BCUT2D eigenvalue weighted by molar-refractivity contribution is 0.688. The molecule has 2 aliphatic carbocycles. The van der Waals surface area contributed by atoms with Gasteiger partial charge in [0.15, 0.2) is 0 Å². The topological polar surface area (TPSA) is 52.0 Å². The highest BCUT2D eigenvalue weighted by Gasteiger charge is 2.28. The fourth-order valence-electron chi connectivity index (χ4n) is 9.15. The van der Waals surface area contributed by atoms with E-state index in [-0.39, 0.29) is 0 Å². The summed E-state index contributed by atoms with van der Waals surface area (Å²) >= 11 is 0. The van der Waals surface area contributed by atoms with Crippen LogP contribution in [0.3, 0.4) is 0 Å². The van der Waals surface area contributed by atoms with E-state index in [4.69, 9.17) is 0 Å². The fourth-order valence-corrected chi connectivity index (χ4v) is 9.15. The summed E-state index contributed by atoms with van der Waals surface area (Å²) in [5.41, 5.74) is 17.5. The zero-order valence-corrected chi connectivity index (χ0v) is 27.3. The van der Waals surface area contributed by atoms with E-state index in [1.807, 2.05) is 0 Å². The van der Waals surface area contributed by atoms with Gasteiger partial charge in [-0.05, 0) is 131 Å². The number of benzene rings is 6. The van der Waals surface area contributed by atoms with Gasteiger partial charge >= 0.3 is 0 Å². The van der Waals surface area contributed by atoms with Crippen molar-refractivity contribution in [1.29, 1.82) is 10.5 Å². The molecule has 0 aliphatic heterocycles. The van der Waals surface area contributed by atoms with Crippen molar-refractivity contribution in [3.8, 4) is 45.5 Å². The van der Waals surface area contributed by atoms with Crippen molar-refractivity contribution < 1.29 is 0 Å². The van der Waals surface area contributed by atoms with E-state index in [2.05, 4.69) is 120 Å². The van der Waals surface area contributed by atoms with Crippen LogP contribution in [0.4, 0.5) is 0 Å². The number of aryl methyl sites for hydroxylation is 2. The predicted molar refractivity (Wildman–Crippen MR) is 200 cm³/mol. The van der Waals surface area contributed by atoms with Crippen LogP contribution in [-0.2, 0) is 25.7 Å². The third kappa shape index (κ3) is 4.13. The second-order valence-electron chi connectivity index (χ2n) is 14.0. The summed E-state index contributed by atoms with van der Waals surface area (Å²) in [6.07, 6.45) is 8.47. The lowest BCUT2D eigenvalue weighted by Gasteiger charge is -2.20. The van der Waals surface area contributed by atoms with Gasteiger partial charge in [-0.2, -0.15) is 10.5 Å². The molecule has 0 unspecified atom stereocenters. The molecule has 2 aliphatic rings. The van der Waals surface area contributed by atoms with Crippen molar-refractivity contribution in [2.45, 2.75) is 51.4 Å². The average Bonchev–Trinajstić information content (AvgIpc) is 3.69. The first kappa shape index (κ1) is 28.1. The van der Waals surface area contributed by atoms with Gasteiger partial charge in [0.25, 0.3) is 0 Å². The van der Waals surface area contributed by atoms with Crippen LogP contribution in [0.2, 0.25) is 0 Å². The third-order valence-corrected chi connectivity index (χ3v) is 11.4. The minimum Gasteiger partial charge on any atom is -0.308 e. The Morgan fingerprint density at radius 1 is 0.429 bits per heavy atom. The maximum absolute atomic E-state index is 10.3. The summed E-state index contributed by atoms with van der Waals surface area (Å²) in [5.74, 6) is 0. The lowest BCUT2D eigenvalue weighted by atomic mass is 9.84. The van der Waals surface area contributed by atoms with E-state index in [0.29, 0.717) is 0 Å². The molecule has 3 heteroatoms. The van der Waals surface area contributed by atoms with Crippen molar-refractivity contribution in [3.63, 3.8) is 0 Å². The SMILES string of the molecule is N#Cc1cc2c(c3c1CCCC3)c1cc(-c3ccc(-c4ccc(-c5ccccc5)cc4)cc3)cc3c4c5c(c(C#N)cc4n2c13)CCCC5. The summed E-state index contributed by atoms with van der Waals surface area (Å²) in [6, 6.07) is 42.6. The minimum atomic E-state index is 0.808. The number of nitriles is 2. The normalized spacial score (nSPS) is 14.2. The van der Waals surface area contributed by atoms with Crippen LogP contribution >= 0.6 is 0 Å². The van der Waals surface area contributed by atoms with Crippen molar-refractivity contribution in [2.75, 3.05) is 0 Å². The summed E-state index contributed by atoms with van der Waals surface area (Å²) in [6.45, 7) is 0. The van der Waals surface area contributed by atoms with Crippen LogP contribution in [-0.4, -0.2) is 4.40 Å². The highest BCUT2D eigenvalue weighted by Crippen LogP contribution is 2.47. The van der Waals surface area contributed by atoms with Gasteiger partial charge in [-0.3, -0.25) is 0 Å². The Kier molecular flexibility index (Phi) is 6.21. The summed E-state index contributed by atoms with van der Waals surface area (Å²) in [5, 5.41) is 25.7. The van der Waals surface area contributed by atoms with Crippen LogP contribution in [0, 0.1) is 22.7 Å². The molecule has 0 radical (unpaired) electrons. The van der Waals surface area contributed by atoms with E-state index >= 15 is 0 Å². The molecule has 0 spiro atoms. The quantitative estimate of drug-likeness (QED) is 0.196. The van der Waals surface area contributed by atoms with Crippen molar-refractivity contribution in [1.82, 2.24) is 4.40 Å². The van der Waals surface area contributed by atoms with Gasteiger partial charge in [0.2, 0.25) is 0 Å². The van der Waals surface area contributed by atoms with Crippen LogP contribution in [0.1, 0.15) is 59.1 Å². The number of hydrogen-bond acceptors (Lipinski definition) is 2. The zero-order chi connectivity index (χ0) is 32.6. The third-order valence-electron chi connectivity index (χ3n) is 11.4. The molecule has 0 atom stereocenters. The summed E-state index contributed by atoms with van der Waals surface area (Å²) in [4.78, 5) is 0. The molecular formula is C46H33N3. The maximum Gasteiger partial charge on any atom is 0.0995 e. The first-order chi connectivity index (χ1) is 24.2. The number of rotatable bonds is 3. The van der Waals surface area contributed by atoms with Crippen LogP contribution in [0.5, 0.6) is 0 Å². The standard InChI is InChI=1S/C46H33N3/c47-26-34-24-42-44(38-12-6-4-10-36(34)38)40-22-33(23-41-45-39-13-7-5-11-37(39)35(27-48)25-43(45)49(42)46(40)41)32-20-18-31(19-21-32)30-16-14-29(15-17-30)28-8-2-1-3-9-28/h1-3,8-9,14-25H,4-7,10-13H2. The second kappa shape index (κ2) is 10.8. The average molecular weight is 628 g/mol. The minimum absolute atomic E-state index is 0.808. The number of hydrogen-bond donors (Lipinski definition) is 0. The van der Waals surface area contributed by atoms with Crippen molar-refractivity contribution in [3.05, 3.63) is 137 Å².